The topological polar surface area (TPSA) is 0 Å². The van der Waals surface area contributed by atoms with Gasteiger partial charge in [-0.25, -0.2) is 0 Å². The van der Waals surface area contributed by atoms with Gasteiger partial charge in [-0.1, -0.05) is 60.7 Å². The Bertz CT molecular complexity index is 512. The Morgan fingerprint density at radius 2 is 1.62 bits per heavy atom. The molecule has 74 valence electrons. The fourth-order valence-corrected chi connectivity index (χ4v) is 2.16. The van der Waals surface area contributed by atoms with Crippen LogP contribution in [0.2, 0.25) is 0 Å². The molecule has 0 N–H and O–H groups in total. The quantitative estimate of drug-likeness (QED) is 0.620. The molecule has 0 radical (unpaired) electrons. The summed E-state index contributed by atoms with van der Waals surface area (Å²) in [6.07, 6.45) is 5.55. The van der Waals surface area contributed by atoms with E-state index in [2.05, 4.69) is 60.7 Å². The zero-order valence-corrected chi connectivity index (χ0v) is 8.48. The molecule has 2 aromatic rings. The van der Waals surface area contributed by atoms with Crippen molar-refractivity contribution < 1.29 is 0 Å². The van der Waals surface area contributed by atoms with Crippen molar-refractivity contribution in [3.63, 3.8) is 0 Å². The van der Waals surface area contributed by atoms with Crippen LogP contribution in [0.3, 0.4) is 0 Å². The van der Waals surface area contributed by atoms with Crippen LogP contribution >= 0.6 is 0 Å². The van der Waals surface area contributed by atoms with Crippen molar-refractivity contribution >= 4 is 24.9 Å². The molecular weight excluding hydrogens is 187 g/mol. The van der Waals surface area contributed by atoms with Crippen LogP contribution in [0.1, 0.15) is 11.1 Å². The zero-order valence-electron chi connectivity index (χ0n) is 8.48. The molecule has 0 atom stereocenters. The summed E-state index contributed by atoms with van der Waals surface area (Å²) in [7, 11) is 0. The minimum atomic E-state index is 0. The predicted molar refractivity (Wildman–Crippen MR) is 71.8 cm³/mol. The Morgan fingerprint density at radius 1 is 0.812 bits per heavy atom. The van der Waals surface area contributed by atoms with E-state index in [0.29, 0.717) is 0 Å². The number of hydrogen-bond donors (Lipinski definition) is 0. The van der Waals surface area contributed by atoms with Crippen molar-refractivity contribution in [1.82, 2.24) is 0 Å². The summed E-state index contributed by atoms with van der Waals surface area (Å²) >= 11 is 0. The van der Waals surface area contributed by atoms with E-state index in [4.69, 9.17) is 0 Å². The summed E-state index contributed by atoms with van der Waals surface area (Å²) in [4.78, 5) is 0. The molecule has 2 aromatic carbocycles. The second-order valence-corrected chi connectivity index (χ2v) is 3.85. The number of rotatable bonds is 1. The molecule has 16 heavy (non-hydrogen) atoms. The minimum absolute atomic E-state index is 0. The maximum atomic E-state index is 2.23. The van der Waals surface area contributed by atoms with Crippen LogP contribution in [0.5, 0.6) is 0 Å². The summed E-state index contributed by atoms with van der Waals surface area (Å²) in [5.41, 5.74) is 5.49. The Balaban J connectivity index is 0.000000963. The van der Waals surface area contributed by atoms with Crippen LogP contribution in [0.25, 0.3) is 17.2 Å². The Kier molecular flexibility index (Phi) is 3.34. The third-order valence-electron chi connectivity index (χ3n) is 2.90. The molecule has 0 nitrogen and oxygen atoms in total. The Morgan fingerprint density at radius 3 is 2.44 bits per heavy atom. The van der Waals surface area contributed by atoms with Crippen molar-refractivity contribution in [3.05, 3.63) is 65.7 Å². The van der Waals surface area contributed by atoms with Gasteiger partial charge in [0, 0.05) is 0 Å². The molecule has 1 heteroatoms. The number of hydrogen-bond acceptors (Lipinski definition) is 0. The van der Waals surface area contributed by atoms with E-state index in [1.54, 1.807) is 0 Å². The van der Waals surface area contributed by atoms with E-state index in [1.165, 1.54) is 22.3 Å². The van der Waals surface area contributed by atoms with Gasteiger partial charge < -0.3 is 0 Å². The monoisotopic (exact) mass is 200 g/mol. The van der Waals surface area contributed by atoms with Gasteiger partial charge in [-0.05, 0) is 28.7 Å². The Hall–Kier alpha value is -1.22. The fraction of sp³-hybridized carbons (Fsp3) is 0.0667. The van der Waals surface area contributed by atoms with Crippen LogP contribution in [0, 0.1) is 0 Å². The van der Waals surface area contributed by atoms with Crippen LogP contribution in [0.4, 0.5) is 0 Å². The molecule has 0 aromatic heterocycles. The predicted octanol–water partition coefficient (Wildman–Crippen LogP) is 3.27. The summed E-state index contributed by atoms with van der Waals surface area (Å²) in [6.45, 7) is 0. The van der Waals surface area contributed by atoms with Crippen molar-refractivity contribution in [2.75, 3.05) is 0 Å². The number of benzene rings is 2. The van der Waals surface area contributed by atoms with Crippen LogP contribution in [-0.4, -0.2) is 18.9 Å². The SMILES string of the molecule is C1=Cc2c(cccc2-c2ccccc2)C1.[LiH]. The summed E-state index contributed by atoms with van der Waals surface area (Å²) in [6, 6.07) is 17.1. The van der Waals surface area contributed by atoms with Gasteiger partial charge in [0.05, 0.1) is 0 Å². The van der Waals surface area contributed by atoms with E-state index in [0.717, 1.165) is 6.42 Å². The van der Waals surface area contributed by atoms with Gasteiger partial charge in [-0.15, -0.1) is 0 Å². The van der Waals surface area contributed by atoms with Crippen molar-refractivity contribution in [2.45, 2.75) is 6.42 Å². The number of fused-ring (bicyclic) bond motifs is 1. The molecule has 0 saturated carbocycles. The Labute approximate surface area is 108 Å². The summed E-state index contributed by atoms with van der Waals surface area (Å²) in [5.74, 6) is 0. The molecule has 3 rings (SSSR count). The van der Waals surface area contributed by atoms with Gasteiger partial charge in [0.2, 0.25) is 0 Å². The van der Waals surface area contributed by atoms with Crippen molar-refractivity contribution in [3.8, 4) is 11.1 Å². The van der Waals surface area contributed by atoms with E-state index < -0.39 is 0 Å². The molecule has 0 bridgehead atoms. The molecule has 0 aliphatic heterocycles. The van der Waals surface area contributed by atoms with Gasteiger partial charge in [0.25, 0.3) is 0 Å². The fourth-order valence-electron chi connectivity index (χ4n) is 2.16. The second kappa shape index (κ2) is 4.74. The zero-order chi connectivity index (χ0) is 10.1. The molecule has 1 aliphatic rings. The molecule has 1 aliphatic carbocycles. The summed E-state index contributed by atoms with van der Waals surface area (Å²) in [5, 5.41) is 0. The van der Waals surface area contributed by atoms with Crippen LogP contribution in [-0.2, 0) is 6.42 Å². The molecule has 0 unspecified atom stereocenters. The maximum absolute atomic E-state index is 2.23. The summed E-state index contributed by atoms with van der Waals surface area (Å²) < 4.78 is 0. The van der Waals surface area contributed by atoms with E-state index >= 15 is 0 Å². The molecular formula is C15H13Li. The third-order valence-corrected chi connectivity index (χ3v) is 2.90. The second-order valence-electron chi connectivity index (χ2n) is 3.85. The molecule has 0 spiro atoms. The first kappa shape index (κ1) is 11.3. The first-order chi connectivity index (χ1) is 7.45. The van der Waals surface area contributed by atoms with E-state index in [9.17, 15) is 0 Å². The molecule has 0 fully saturated rings. The first-order valence-corrected chi connectivity index (χ1v) is 5.29. The van der Waals surface area contributed by atoms with Crippen LogP contribution < -0.4 is 0 Å². The van der Waals surface area contributed by atoms with Gasteiger partial charge in [0.15, 0.2) is 0 Å². The standard InChI is InChI=1S/C15H12.Li.H/c1-2-6-12(7-3-1)14-10-4-8-13-9-5-11-15(13)14;;/h1-8,10-11H,9H2;;. The molecule has 0 amide bonds. The van der Waals surface area contributed by atoms with Gasteiger partial charge in [0.1, 0.15) is 0 Å². The molecule has 0 heterocycles. The van der Waals surface area contributed by atoms with Gasteiger partial charge >= 0.3 is 18.9 Å². The average Bonchev–Trinajstić information content (AvgIpc) is 2.78. The van der Waals surface area contributed by atoms with E-state index in [-0.39, 0.29) is 18.9 Å². The van der Waals surface area contributed by atoms with Crippen molar-refractivity contribution in [2.24, 2.45) is 0 Å². The van der Waals surface area contributed by atoms with Gasteiger partial charge in [-0.3, -0.25) is 0 Å². The number of allylic oxidation sites excluding steroid dienone is 1. The first-order valence-electron chi connectivity index (χ1n) is 5.29. The van der Waals surface area contributed by atoms with Crippen LogP contribution in [0.15, 0.2) is 54.6 Å². The van der Waals surface area contributed by atoms with Crippen molar-refractivity contribution in [1.29, 1.82) is 0 Å². The van der Waals surface area contributed by atoms with E-state index in [1.807, 2.05) is 0 Å². The molecule has 0 saturated heterocycles. The normalized spacial score (nSPS) is 12.0. The third kappa shape index (κ3) is 1.87. The average molecular weight is 200 g/mol. The van der Waals surface area contributed by atoms with Gasteiger partial charge in [-0.2, -0.15) is 0 Å².